The first-order valence-corrected chi connectivity index (χ1v) is 10.6. The molecule has 1 aromatic carbocycles. The van der Waals surface area contributed by atoms with E-state index in [2.05, 4.69) is 43.9 Å². The second kappa shape index (κ2) is 11.9. The molecule has 1 unspecified atom stereocenters. The number of halogens is 4. The number of hydrogen-bond donors (Lipinski definition) is 2. The van der Waals surface area contributed by atoms with Crippen molar-refractivity contribution in [2.45, 2.75) is 52.1 Å². The van der Waals surface area contributed by atoms with Gasteiger partial charge < -0.3 is 15.2 Å². The molecule has 32 heavy (non-hydrogen) atoms. The normalized spacial score (nSPS) is 17.5. The maximum Gasteiger partial charge on any atom is 0.416 e. The second-order valence-corrected chi connectivity index (χ2v) is 8.38. The van der Waals surface area contributed by atoms with Gasteiger partial charge in [0.1, 0.15) is 5.82 Å². The van der Waals surface area contributed by atoms with Crippen molar-refractivity contribution in [2.75, 3.05) is 20.1 Å². The molecule has 178 valence electrons. The van der Waals surface area contributed by atoms with E-state index in [9.17, 15) is 13.2 Å². The highest BCUT2D eigenvalue weighted by atomic mass is 127. The summed E-state index contributed by atoms with van der Waals surface area (Å²) in [6.07, 6.45) is 0.453. The lowest BCUT2D eigenvalue weighted by Crippen LogP contribution is -2.44. The summed E-state index contributed by atoms with van der Waals surface area (Å²) in [4.78, 5) is 11.0. The van der Waals surface area contributed by atoms with Gasteiger partial charge in [0.15, 0.2) is 5.96 Å². The molecule has 2 aromatic rings. The second-order valence-electron chi connectivity index (χ2n) is 8.38. The van der Waals surface area contributed by atoms with Gasteiger partial charge in [0.2, 0.25) is 0 Å². The van der Waals surface area contributed by atoms with Gasteiger partial charge in [-0.2, -0.15) is 13.2 Å². The number of alkyl halides is 3. The molecule has 1 aliphatic heterocycles. The van der Waals surface area contributed by atoms with Crippen molar-refractivity contribution in [1.82, 2.24) is 25.1 Å². The Morgan fingerprint density at radius 2 is 1.97 bits per heavy atom. The van der Waals surface area contributed by atoms with E-state index in [1.165, 1.54) is 0 Å². The van der Waals surface area contributed by atoms with Crippen LogP contribution in [0.3, 0.4) is 0 Å². The number of nitrogens with zero attached hydrogens (tertiary/aromatic N) is 4. The molecule has 1 aromatic heterocycles. The van der Waals surface area contributed by atoms with E-state index < -0.39 is 11.7 Å². The van der Waals surface area contributed by atoms with Gasteiger partial charge in [0.25, 0.3) is 0 Å². The molecule has 0 spiro atoms. The standard InChI is InChI=1S/C22H31F3N6.HI/c1-16(2)13-31-11-9-27-20(31)12-28-21(26-3)29-19-8-10-30(15-19)14-17-4-6-18(7-5-17)22(23,24)25;/h4-7,9,11,16,19H,8,10,12-15H2,1-3H3,(H2,26,28,29);1H. The third kappa shape index (κ3) is 7.65. The van der Waals surface area contributed by atoms with Gasteiger partial charge in [-0.05, 0) is 30.0 Å². The first kappa shape index (κ1) is 26.4. The Hall–Kier alpha value is -1.82. The quantitative estimate of drug-likeness (QED) is 0.302. The van der Waals surface area contributed by atoms with Crippen LogP contribution >= 0.6 is 24.0 Å². The fourth-order valence-electron chi connectivity index (χ4n) is 3.77. The van der Waals surface area contributed by atoms with Crippen LogP contribution < -0.4 is 10.6 Å². The molecule has 0 saturated carbocycles. The summed E-state index contributed by atoms with van der Waals surface area (Å²) in [5, 5.41) is 6.77. The minimum atomic E-state index is -4.30. The van der Waals surface area contributed by atoms with Gasteiger partial charge in [0, 0.05) is 51.7 Å². The van der Waals surface area contributed by atoms with Crippen molar-refractivity contribution in [2.24, 2.45) is 10.9 Å². The number of nitrogens with one attached hydrogen (secondary N) is 2. The summed E-state index contributed by atoms with van der Waals surface area (Å²) < 4.78 is 40.3. The average molecular weight is 564 g/mol. The summed E-state index contributed by atoms with van der Waals surface area (Å²) in [5.41, 5.74) is 0.272. The van der Waals surface area contributed by atoms with E-state index in [4.69, 9.17) is 0 Å². The van der Waals surface area contributed by atoms with Crippen LogP contribution in [0.2, 0.25) is 0 Å². The van der Waals surface area contributed by atoms with Crippen LogP contribution in [0.1, 0.15) is 37.2 Å². The molecule has 10 heteroatoms. The van der Waals surface area contributed by atoms with Gasteiger partial charge in [-0.1, -0.05) is 26.0 Å². The third-order valence-electron chi connectivity index (χ3n) is 5.30. The Morgan fingerprint density at radius 1 is 1.25 bits per heavy atom. The molecule has 1 atom stereocenters. The maximum absolute atomic E-state index is 12.7. The Labute approximate surface area is 204 Å². The molecule has 2 N–H and O–H groups in total. The first-order valence-electron chi connectivity index (χ1n) is 10.6. The highest BCUT2D eigenvalue weighted by Crippen LogP contribution is 2.29. The molecule has 1 aliphatic rings. The van der Waals surface area contributed by atoms with E-state index in [-0.39, 0.29) is 30.0 Å². The van der Waals surface area contributed by atoms with Crippen molar-refractivity contribution in [3.63, 3.8) is 0 Å². The van der Waals surface area contributed by atoms with Gasteiger partial charge in [-0.25, -0.2) is 4.98 Å². The van der Waals surface area contributed by atoms with E-state index in [0.717, 1.165) is 55.5 Å². The van der Waals surface area contributed by atoms with Crippen LogP contribution in [0.25, 0.3) is 0 Å². The molecule has 0 aliphatic carbocycles. The highest BCUT2D eigenvalue weighted by molar-refractivity contribution is 14.0. The fourth-order valence-corrected chi connectivity index (χ4v) is 3.77. The van der Waals surface area contributed by atoms with Crippen molar-refractivity contribution in [1.29, 1.82) is 0 Å². The number of aliphatic imine (C=N–C) groups is 1. The predicted molar refractivity (Wildman–Crippen MR) is 131 cm³/mol. The fraction of sp³-hybridized carbons (Fsp3) is 0.545. The minimum Gasteiger partial charge on any atom is -0.352 e. The van der Waals surface area contributed by atoms with Gasteiger partial charge >= 0.3 is 6.18 Å². The zero-order valence-corrected chi connectivity index (χ0v) is 21.0. The summed E-state index contributed by atoms with van der Waals surface area (Å²) in [6, 6.07) is 5.65. The van der Waals surface area contributed by atoms with E-state index in [0.29, 0.717) is 19.0 Å². The zero-order chi connectivity index (χ0) is 22.4. The number of likely N-dealkylation sites (tertiary alicyclic amines) is 1. The number of guanidine groups is 1. The van der Waals surface area contributed by atoms with Crippen molar-refractivity contribution < 1.29 is 13.2 Å². The summed E-state index contributed by atoms with van der Waals surface area (Å²) in [6.45, 7) is 8.18. The maximum atomic E-state index is 12.7. The minimum absolute atomic E-state index is 0. The highest BCUT2D eigenvalue weighted by Gasteiger charge is 2.30. The first-order chi connectivity index (χ1) is 14.7. The third-order valence-corrected chi connectivity index (χ3v) is 5.30. The Balaban J connectivity index is 0.00000363. The largest absolute Gasteiger partial charge is 0.416 e. The lowest BCUT2D eigenvalue weighted by molar-refractivity contribution is -0.137. The van der Waals surface area contributed by atoms with E-state index >= 15 is 0 Å². The van der Waals surface area contributed by atoms with Crippen LogP contribution in [0.4, 0.5) is 13.2 Å². The summed E-state index contributed by atoms with van der Waals surface area (Å²) >= 11 is 0. The van der Waals surface area contributed by atoms with Crippen LogP contribution in [-0.4, -0.2) is 46.6 Å². The number of rotatable bonds is 7. The van der Waals surface area contributed by atoms with Crippen molar-refractivity contribution >= 4 is 29.9 Å². The van der Waals surface area contributed by atoms with E-state index in [1.807, 2.05) is 12.4 Å². The lowest BCUT2D eigenvalue weighted by atomic mass is 10.1. The van der Waals surface area contributed by atoms with Crippen LogP contribution in [0.5, 0.6) is 0 Å². The number of aromatic nitrogens is 2. The van der Waals surface area contributed by atoms with Gasteiger partial charge in [-0.3, -0.25) is 9.89 Å². The van der Waals surface area contributed by atoms with Gasteiger partial charge in [-0.15, -0.1) is 24.0 Å². The molecular weight excluding hydrogens is 532 g/mol. The molecular formula is C22H32F3IN6. The Morgan fingerprint density at radius 3 is 2.59 bits per heavy atom. The molecule has 6 nitrogen and oxygen atoms in total. The molecule has 0 amide bonds. The molecule has 1 fully saturated rings. The smallest absolute Gasteiger partial charge is 0.352 e. The topological polar surface area (TPSA) is 57.5 Å². The SMILES string of the molecule is CN=C(NCc1nccn1CC(C)C)NC1CCN(Cc2ccc(C(F)(F)F)cc2)C1.I. The van der Waals surface area contributed by atoms with Crippen molar-refractivity contribution in [3.05, 3.63) is 53.6 Å². The Kier molecular flexibility index (Phi) is 9.81. The van der Waals surface area contributed by atoms with Crippen LogP contribution in [-0.2, 0) is 25.8 Å². The van der Waals surface area contributed by atoms with Crippen LogP contribution in [0.15, 0.2) is 41.7 Å². The van der Waals surface area contributed by atoms with Crippen molar-refractivity contribution in [3.8, 4) is 0 Å². The zero-order valence-electron chi connectivity index (χ0n) is 18.7. The number of hydrogen-bond acceptors (Lipinski definition) is 3. The molecule has 2 heterocycles. The molecule has 3 rings (SSSR count). The molecule has 0 bridgehead atoms. The monoisotopic (exact) mass is 564 g/mol. The number of imidazole rings is 1. The van der Waals surface area contributed by atoms with Gasteiger partial charge in [0.05, 0.1) is 12.1 Å². The predicted octanol–water partition coefficient (Wildman–Crippen LogP) is 4.12. The summed E-state index contributed by atoms with van der Waals surface area (Å²) in [7, 11) is 1.74. The Bertz CT molecular complexity index is 863. The van der Waals surface area contributed by atoms with E-state index in [1.54, 1.807) is 19.2 Å². The summed E-state index contributed by atoms with van der Waals surface area (Å²) in [5.74, 6) is 2.23. The molecule has 1 saturated heterocycles. The average Bonchev–Trinajstić information content (AvgIpc) is 3.33. The number of benzene rings is 1. The molecule has 0 radical (unpaired) electrons. The van der Waals surface area contributed by atoms with Crippen LogP contribution in [0, 0.1) is 5.92 Å². The lowest BCUT2D eigenvalue weighted by Gasteiger charge is -2.19.